The molecule has 0 saturated heterocycles. The van der Waals surface area contributed by atoms with Crippen molar-refractivity contribution in [3.05, 3.63) is 108 Å². The Hall–Kier alpha value is -3.40. The Balaban J connectivity index is 1.75. The lowest BCUT2D eigenvalue weighted by Crippen LogP contribution is -2.54. The molecule has 4 heteroatoms. The molecule has 1 heterocycles. The molecule has 0 aliphatic carbocycles. The van der Waals surface area contributed by atoms with Gasteiger partial charge in [-0.15, -0.1) is 0 Å². The van der Waals surface area contributed by atoms with Crippen molar-refractivity contribution in [1.82, 2.24) is 9.91 Å². The van der Waals surface area contributed by atoms with Gasteiger partial charge in [0.1, 0.15) is 6.04 Å². The first-order valence-corrected chi connectivity index (χ1v) is 9.48. The van der Waals surface area contributed by atoms with Crippen LogP contribution in [0, 0.1) is 0 Å². The zero-order valence-electron chi connectivity index (χ0n) is 15.9. The Bertz CT molecular complexity index is 955. The zero-order valence-corrected chi connectivity index (χ0v) is 15.9. The second kappa shape index (κ2) is 8.09. The number of hydrogen-bond donors (Lipinski definition) is 0. The molecule has 0 bridgehead atoms. The molecule has 0 saturated carbocycles. The third kappa shape index (κ3) is 3.81. The zero-order chi connectivity index (χ0) is 19.3. The quantitative estimate of drug-likeness (QED) is 0.683. The number of benzene rings is 3. The number of amidine groups is 1. The second-order valence-corrected chi connectivity index (χ2v) is 6.97. The van der Waals surface area contributed by atoms with E-state index in [9.17, 15) is 4.79 Å². The first-order valence-electron chi connectivity index (χ1n) is 9.48. The molecule has 4 nitrogen and oxygen atoms in total. The standard InChI is InChI=1S/C24H23N3O/c1-26-24(28)22(17-19-11-5-2-6-12-19)27(18-20-13-7-3-8-14-20)23(25-26)21-15-9-4-10-16-21/h2-16,22H,17-18H2,1H3/t22-/m0/s1. The molecule has 3 aromatic carbocycles. The van der Waals surface area contributed by atoms with Crippen molar-refractivity contribution in [3.8, 4) is 0 Å². The molecule has 0 radical (unpaired) electrons. The average Bonchev–Trinajstić information content (AvgIpc) is 2.75. The van der Waals surface area contributed by atoms with Crippen LogP contribution in [-0.4, -0.2) is 34.7 Å². The van der Waals surface area contributed by atoms with Gasteiger partial charge < -0.3 is 4.90 Å². The van der Waals surface area contributed by atoms with Gasteiger partial charge in [-0.3, -0.25) is 4.79 Å². The van der Waals surface area contributed by atoms with Gasteiger partial charge in [-0.05, 0) is 11.1 Å². The maximum atomic E-state index is 13.1. The maximum absolute atomic E-state index is 13.1. The predicted octanol–water partition coefficient (Wildman–Crippen LogP) is 3.93. The molecular formula is C24H23N3O. The van der Waals surface area contributed by atoms with E-state index >= 15 is 0 Å². The molecule has 1 aliphatic heterocycles. The van der Waals surface area contributed by atoms with Crippen LogP contribution in [-0.2, 0) is 17.8 Å². The minimum absolute atomic E-state index is 0.0134. The normalized spacial score (nSPS) is 16.8. The van der Waals surface area contributed by atoms with Crippen LogP contribution in [0.15, 0.2) is 96.1 Å². The van der Waals surface area contributed by atoms with E-state index in [0.717, 1.165) is 22.5 Å². The van der Waals surface area contributed by atoms with Crippen LogP contribution in [0.25, 0.3) is 0 Å². The molecule has 28 heavy (non-hydrogen) atoms. The third-order valence-electron chi connectivity index (χ3n) is 5.00. The molecule has 0 N–H and O–H groups in total. The van der Waals surface area contributed by atoms with E-state index < -0.39 is 0 Å². The van der Waals surface area contributed by atoms with Gasteiger partial charge in [0.15, 0.2) is 5.84 Å². The highest BCUT2D eigenvalue weighted by atomic mass is 16.2. The van der Waals surface area contributed by atoms with Crippen molar-refractivity contribution >= 4 is 11.7 Å². The topological polar surface area (TPSA) is 35.9 Å². The Morgan fingerprint density at radius 2 is 1.32 bits per heavy atom. The molecule has 0 aromatic heterocycles. The summed E-state index contributed by atoms with van der Waals surface area (Å²) in [6.07, 6.45) is 0.642. The first-order chi connectivity index (χ1) is 13.7. The van der Waals surface area contributed by atoms with Crippen molar-refractivity contribution in [1.29, 1.82) is 0 Å². The van der Waals surface area contributed by atoms with E-state index in [4.69, 9.17) is 0 Å². The minimum atomic E-state index is -0.305. The lowest BCUT2D eigenvalue weighted by Gasteiger charge is -2.39. The van der Waals surface area contributed by atoms with Crippen molar-refractivity contribution in [2.45, 2.75) is 19.0 Å². The molecule has 1 aliphatic rings. The maximum Gasteiger partial charge on any atom is 0.265 e. The van der Waals surface area contributed by atoms with E-state index in [0.29, 0.717) is 13.0 Å². The highest BCUT2D eigenvalue weighted by Crippen LogP contribution is 2.23. The molecule has 0 unspecified atom stereocenters. The van der Waals surface area contributed by atoms with Gasteiger partial charge in [0, 0.05) is 25.6 Å². The second-order valence-electron chi connectivity index (χ2n) is 6.97. The summed E-state index contributed by atoms with van der Waals surface area (Å²) in [5.41, 5.74) is 3.30. The number of amides is 1. The van der Waals surface area contributed by atoms with Crippen LogP contribution in [0.3, 0.4) is 0 Å². The van der Waals surface area contributed by atoms with Crippen molar-refractivity contribution in [3.63, 3.8) is 0 Å². The minimum Gasteiger partial charge on any atom is -0.338 e. The van der Waals surface area contributed by atoms with E-state index in [2.05, 4.69) is 34.3 Å². The number of rotatable bonds is 5. The first kappa shape index (κ1) is 18.0. The number of nitrogens with zero attached hydrogens (tertiary/aromatic N) is 3. The number of hydrazone groups is 1. The molecule has 0 spiro atoms. The fourth-order valence-electron chi connectivity index (χ4n) is 3.56. The van der Waals surface area contributed by atoms with Crippen LogP contribution < -0.4 is 0 Å². The fraction of sp³-hybridized carbons (Fsp3) is 0.167. The smallest absolute Gasteiger partial charge is 0.265 e. The molecule has 1 amide bonds. The predicted molar refractivity (Wildman–Crippen MR) is 112 cm³/mol. The number of carbonyl (C=O) groups excluding carboxylic acids is 1. The lowest BCUT2D eigenvalue weighted by molar-refractivity contribution is -0.136. The summed E-state index contributed by atoms with van der Waals surface area (Å²) in [6, 6.07) is 30.2. The highest BCUT2D eigenvalue weighted by Gasteiger charge is 2.36. The average molecular weight is 369 g/mol. The van der Waals surface area contributed by atoms with E-state index in [1.807, 2.05) is 66.7 Å². The monoisotopic (exact) mass is 369 g/mol. The van der Waals surface area contributed by atoms with Crippen molar-refractivity contribution in [2.24, 2.45) is 5.10 Å². The van der Waals surface area contributed by atoms with Gasteiger partial charge in [-0.1, -0.05) is 91.0 Å². The van der Waals surface area contributed by atoms with Gasteiger partial charge >= 0.3 is 0 Å². The van der Waals surface area contributed by atoms with Gasteiger partial charge in [0.05, 0.1) is 0 Å². The van der Waals surface area contributed by atoms with E-state index in [-0.39, 0.29) is 11.9 Å². The van der Waals surface area contributed by atoms with E-state index in [1.165, 1.54) is 5.01 Å². The van der Waals surface area contributed by atoms with Crippen LogP contribution in [0.2, 0.25) is 0 Å². The SMILES string of the molecule is CN1N=C(c2ccccc2)N(Cc2ccccc2)[C@@H](Cc2ccccc2)C1=O. The summed E-state index contributed by atoms with van der Waals surface area (Å²) < 4.78 is 0. The molecule has 4 rings (SSSR count). The highest BCUT2D eigenvalue weighted by molar-refractivity contribution is 6.03. The summed E-state index contributed by atoms with van der Waals surface area (Å²) >= 11 is 0. The van der Waals surface area contributed by atoms with Crippen LogP contribution in [0.1, 0.15) is 16.7 Å². The van der Waals surface area contributed by atoms with Crippen LogP contribution >= 0.6 is 0 Å². The fourth-order valence-corrected chi connectivity index (χ4v) is 3.56. The molecule has 3 aromatic rings. The van der Waals surface area contributed by atoms with Crippen LogP contribution in [0.5, 0.6) is 0 Å². The Kier molecular flexibility index (Phi) is 5.20. The van der Waals surface area contributed by atoms with Gasteiger partial charge in [-0.25, -0.2) is 5.01 Å². The number of likely N-dealkylation sites (N-methyl/N-ethyl adjacent to an activating group) is 1. The largest absolute Gasteiger partial charge is 0.338 e. The molecule has 140 valence electrons. The van der Waals surface area contributed by atoms with Crippen LogP contribution in [0.4, 0.5) is 0 Å². The summed E-state index contributed by atoms with van der Waals surface area (Å²) in [7, 11) is 1.74. The molecule has 0 fully saturated rings. The summed E-state index contributed by atoms with van der Waals surface area (Å²) in [5.74, 6) is 0.840. The Labute approximate surface area is 165 Å². The Morgan fingerprint density at radius 3 is 1.93 bits per heavy atom. The van der Waals surface area contributed by atoms with Crippen molar-refractivity contribution in [2.75, 3.05) is 7.05 Å². The van der Waals surface area contributed by atoms with E-state index in [1.54, 1.807) is 7.05 Å². The van der Waals surface area contributed by atoms with Gasteiger partial charge in [0.2, 0.25) is 0 Å². The summed E-state index contributed by atoms with van der Waals surface area (Å²) in [5, 5.41) is 6.11. The summed E-state index contributed by atoms with van der Waals surface area (Å²) in [4.78, 5) is 15.2. The number of carbonyl (C=O) groups is 1. The van der Waals surface area contributed by atoms with Gasteiger partial charge in [-0.2, -0.15) is 5.10 Å². The summed E-state index contributed by atoms with van der Waals surface area (Å²) in [6.45, 7) is 0.631. The van der Waals surface area contributed by atoms with Gasteiger partial charge in [0.25, 0.3) is 5.91 Å². The number of hydrogen-bond acceptors (Lipinski definition) is 3. The molecule has 1 atom stereocenters. The molecular weight excluding hydrogens is 346 g/mol. The Morgan fingerprint density at radius 1 is 0.786 bits per heavy atom. The third-order valence-corrected chi connectivity index (χ3v) is 5.00. The van der Waals surface area contributed by atoms with Crippen molar-refractivity contribution < 1.29 is 4.79 Å². The lowest BCUT2D eigenvalue weighted by atomic mass is 10.0.